The highest BCUT2D eigenvalue weighted by Gasteiger charge is 2.44. The van der Waals surface area contributed by atoms with Crippen LogP contribution in [0.25, 0.3) is 0 Å². The van der Waals surface area contributed by atoms with Crippen LogP contribution in [0.1, 0.15) is 52.4 Å². The molecule has 19 heavy (non-hydrogen) atoms. The molecule has 0 aromatic rings. The molecule has 0 saturated carbocycles. The van der Waals surface area contributed by atoms with E-state index in [-0.39, 0.29) is 11.9 Å². The van der Waals surface area contributed by atoms with Gasteiger partial charge in [0.2, 0.25) is 5.91 Å². The second kappa shape index (κ2) is 6.23. The van der Waals surface area contributed by atoms with Crippen molar-refractivity contribution in [2.75, 3.05) is 26.2 Å². The van der Waals surface area contributed by atoms with Gasteiger partial charge < -0.3 is 10.0 Å². The van der Waals surface area contributed by atoms with Gasteiger partial charge in [-0.25, -0.2) is 0 Å². The van der Waals surface area contributed by atoms with E-state index in [2.05, 4.69) is 11.8 Å². The molecule has 2 aliphatic heterocycles. The molecule has 1 N–H and O–H groups in total. The standard InChI is InChI=1S/C15H28N2O2/c1-3-8-15(19)11-17(12-15)13(2)14(18)16-9-6-4-5-7-10-16/h13,19H,3-12H2,1-2H3. The predicted molar refractivity (Wildman–Crippen MR) is 75.9 cm³/mol. The van der Waals surface area contributed by atoms with Gasteiger partial charge in [-0.05, 0) is 26.2 Å². The van der Waals surface area contributed by atoms with Crippen molar-refractivity contribution in [2.24, 2.45) is 0 Å². The van der Waals surface area contributed by atoms with Crippen LogP contribution in [0.2, 0.25) is 0 Å². The number of amides is 1. The molecular formula is C15H28N2O2. The van der Waals surface area contributed by atoms with Gasteiger partial charge in [0.1, 0.15) is 0 Å². The molecule has 4 nitrogen and oxygen atoms in total. The Morgan fingerprint density at radius 3 is 2.32 bits per heavy atom. The van der Waals surface area contributed by atoms with Gasteiger partial charge in [0.25, 0.3) is 0 Å². The van der Waals surface area contributed by atoms with Crippen LogP contribution in [-0.2, 0) is 4.79 Å². The molecule has 1 atom stereocenters. The van der Waals surface area contributed by atoms with Crippen molar-refractivity contribution < 1.29 is 9.90 Å². The molecule has 0 bridgehead atoms. The Kier molecular flexibility index (Phi) is 4.85. The highest BCUT2D eigenvalue weighted by molar-refractivity contribution is 5.81. The van der Waals surface area contributed by atoms with Crippen molar-refractivity contribution in [3.8, 4) is 0 Å². The first kappa shape index (κ1) is 14.8. The first-order valence-electron chi connectivity index (χ1n) is 7.81. The second-order valence-corrected chi connectivity index (χ2v) is 6.29. The lowest BCUT2D eigenvalue weighted by Crippen LogP contribution is -2.66. The number of rotatable bonds is 4. The number of likely N-dealkylation sites (tertiary alicyclic amines) is 2. The molecule has 2 aliphatic rings. The van der Waals surface area contributed by atoms with Crippen LogP contribution < -0.4 is 0 Å². The van der Waals surface area contributed by atoms with Crippen LogP contribution >= 0.6 is 0 Å². The van der Waals surface area contributed by atoms with E-state index in [0.29, 0.717) is 13.1 Å². The lowest BCUT2D eigenvalue weighted by atomic mass is 9.88. The minimum atomic E-state index is -0.540. The van der Waals surface area contributed by atoms with E-state index in [1.54, 1.807) is 0 Å². The summed E-state index contributed by atoms with van der Waals surface area (Å²) < 4.78 is 0. The molecule has 0 aliphatic carbocycles. The zero-order valence-electron chi connectivity index (χ0n) is 12.4. The summed E-state index contributed by atoms with van der Waals surface area (Å²) in [5, 5.41) is 10.2. The van der Waals surface area contributed by atoms with Crippen LogP contribution in [0, 0.1) is 0 Å². The number of nitrogens with zero attached hydrogens (tertiary/aromatic N) is 2. The maximum atomic E-state index is 12.5. The van der Waals surface area contributed by atoms with Gasteiger partial charge in [-0.3, -0.25) is 9.69 Å². The van der Waals surface area contributed by atoms with Gasteiger partial charge >= 0.3 is 0 Å². The van der Waals surface area contributed by atoms with Crippen molar-refractivity contribution >= 4 is 5.91 Å². The molecule has 110 valence electrons. The maximum Gasteiger partial charge on any atom is 0.239 e. The first-order chi connectivity index (χ1) is 9.06. The quantitative estimate of drug-likeness (QED) is 0.842. The Bertz CT molecular complexity index is 305. The van der Waals surface area contributed by atoms with Crippen molar-refractivity contribution in [2.45, 2.75) is 64.0 Å². The Morgan fingerprint density at radius 2 is 1.79 bits per heavy atom. The predicted octanol–water partition coefficient (Wildman–Crippen LogP) is 1.62. The molecule has 1 amide bonds. The van der Waals surface area contributed by atoms with Crippen molar-refractivity contribution in [1.29, 1.82) is 0 Å². The van der Waals surface area contributed by atoms with Crippen molar-refractivity contribution in [1.82, 2.24) is 9.80 Å². The molecule has 0 aromatic heterocycles. The number of hydrogen-bond acceptors (Lipinski definition) is 3. The van der Waals surface area contributed by atoms with E-state index in [9.17, 15) is 9.90 Å². The molecular weight excluding hydrogens is 240 g/mol. The molecule has 0 spiro atoms. The van der Waals surface area contributed by atoms with E-state index in [4.69, 9.17) is 0 Å². The lowest BCUT2D eigenvalue weighted by Gasteiger charge is -2.49. The summed E-state index contributed by atoms with van der Waals surface area (Å²) >= 11 is 0. The van der Waals surface area contributed by atoms with Gasteiger partial charge in [-0.15, -0.1) is 0 Å². The molecule has 0 radical (unpaired) electrons. The molecule has 2 heterocycles. The highest BCUT2D eigenvalue weighted by atomic mass is 16.3. The maximum absolute atomic E-state index is 12.5. The Morgan fingerprint density at radius 1 is 1.21 bits per heavy atom. The van der Waals surface area contributed by atoms with Gasteiger partial charge in [-0.2, -0.15) is 0 Å². The lowest BCUT2D eigenvalue weighted by molar-refractivity contribution is -0.152. The largest absolute Gasteiger partial charge is 0.387 e. The zero-order chi connectivity index (χ0) is 13.9. The first-order valence-corrected chi connectivity index (χ1v) is 7.81. The molecule has 2 fully saturated rings. The highest BCUT2D eigenvalue weighted by Crippen LogP contribution is 2.28. The number of hydrogen-bond donors (Lipinski definition) is 1. The van der Waals surface area contributed by atoms with Crippen LogP contribution in [-0.4, -0.2) is 58.6 Å². The SMILES string of the molecule is CCCC1(O)CN(C(C)C(=O)N2CCCCCC2)C1. The van der Waals surface area contributed by atoms with Gasteiger partial charge in [0.15, 0.2) is 0 Å². The number of carbonyl (C=O) groups excluding carboxylic acids is 1. The van der Waals surface area contributed by atoms with Crippen molar-refractivity contribution in [3.63, 3.8) is 0 Å². The molecule has 1 unspecified atom stereocenters. The topological polar surface area (TPSA) is 43.8 Å². The van der Waals surface area contributed by atoms with Gasteiger partial charge in [0.05, 0.1) is 11.6 Å². The third kappa shape index (κ3) is 3.48. The third-order valence-electron chi connectivity index (χ3n) is 4.53. The fourth-order valence-electron chi connectivity index (χ4n) is 3.32. The second-order valence-electron chi connectivity index (χ2n) is 6.29. The summed E-state index contributed by atoms with van der Waals surface area (Å²) in [7, 11) is 0. The average Bonchev–Trinajstić information content (AvgIpc) is 2.63. The average molecular weight is 268 g/mol. The Labute approximate surface area is 116 Å². The number of carbonyl (C=O) groups is 1. The summed E-state index contributed by atoms with van der Waals surface area (Å²) in [6, 6.07) is -0.0739. The molecule has 0 aromatic carbocycles. The van der Waals surface area contributed by atoms with E-state index in [0.717, 1.165) is 38.8 Å². The Balaban J connectivity index is 1.83. The van der Waals surface area contributed by atoms with Crippen LogP contribution in [0.3, 0.4) is 0 Å². The summed E-state index contributed by atoms with van der Waals surface area (Å²) in [5.74, 6) is 0.250. The normalized spacial score (nSPS) is 25.5. The smallest absolute Gasteiger partial charge is 0.239 e. The molecule has 2 saturated heterocycles. The zero-order valence-corrected chi connectivity index (χ0v) is 12.4. The van der Waals surface area contributed by atoms with E-state index < -0.39 is 5.60 Å². The Hall–Kier alpha value is -0.610. The van der Waals surface area contributed by atoms with Crippen LogP contribution in [0.15, 0.2) is 0 Å². The molecule has 2 rings (SSSR count). The van der Waals surface area contributed by atoms with Crippen LogP contribution in [0.4, 0.5) is 0 Å². The fourth-order valence-corrected chi connectivity index (χ4v) is 3.32. The summed E-state index contributed by atoms with van der Waals surface area (Å²) in [6.07, 6.45) is 6.61. The van der Waals surface area contributed by atoms with E-state index in [1.807, 2.05) is 11.8 Å². The summed E-state index contributed by atoms with van der Waals surface area (Å²) in [5.41, 5.74) is -0.540. The van der Waals surface area contributed by atoms with Gasteiger partial charge in [0, 0.05) is 26.2 Å². The van der Waals surface area contributed by atoms with E-state index >= 15 is 0 Å². The fraction of sp³-hybridized carbons (Fsp3) is 0.933. The summed E-state index contributed by atoms with van der Waals surface area (Å²) in [6.45, 7) is 7.21. The minimum absolute atomic E-state index is 0.0739. The minimum Gasteiger partial charge on any atom is -0.387 e. The monoisotopic (exact) mass is 268 g/mol. The third-order valence-corrected chi connectivity index (χ3v) is 4.53. The number of β-amino-alcohol motifs (C(OH)–C–C–N with tert-alkyl or cyclic N) is 1. The summed E-state index contributed by atoms with van der Waals surface area (Å²) in [4.78, 5) is 16.6. The molecule has 4 heteroatoms. The van der Waals surface area contributed by atoms with Crippen molar-refractivity contribution in [3.05, 3.63) is 0 Å². The number of aliphatic hydroxyl groups is 1. The van der Waals surface area contributed by atoms with Crippen LogP contribution in [0.5, 0.6) is 0 Å². The van der Waals surface area contributed by atoms with Gasteiger partial charge in [-0.1, -0.05) is 26.2 Å². The van der Waals surface area contributed by atoms with E-state index in [1.165, 1.54) is 12.8 Å².